The monoisotopic (exact) mass is 577 g/mol. The number of carbonyl (C=O) groups is 1. The Kier molecular flexibility index (Phi) is 9.79. The van der Waals surface area contributed by atoms with Crippen LogP contribution < -0.4 is 10.6 Å². The Morgan fingerprint density at radius 3 is 2.44 bits per heavy atom. The van der Waals surface area contributed by atoms with Gasteiger partial charge in [0, 0.05) is 62.5 Å². The van der Waals surface area contributed by atoms with Gasteiger partial charge in [-0.1, -0.05) is 55.5 Å². The molecule has 1 saturated carbocycles. The van der Waals surface area contributed by atoms with Crippen LogP contribution in [0.15, 0.2) is 90.6 Å². The van der Waals surface area contributed by atoms with Gasteiger partial charge in [-0.25, -0.2) is 4.98 Å². The summed E-state index contributed by atoms with van der Waals surface area (Å²) in [5, 5.41) is 8.37. The SMILES string of the molecule is C=CC1CC(N2CCN(Cc3ccc(N(C=N)/C(=N\C(C)C(C)c4ccccc4)c4cccnc4N)cc3)CC2)[C@H]1C=O. The van der Waals surface area contributed by atoms with Gasteiger partial charge in [0.25, 0.3) is 0 Å². The molecule has 0 amide bonds. The Morgan fingerprint density at radius 1 is 1.09 bits per heavy atom. The van der Waals surface area contributed by atoms with Gasteiger partial charge in [-0.3, -0.25) is 25.1 Å². The normalized spacial score (nSPS) is 22.7. The fourth-order valence-corrected chi connectivity index (χ4v) is 6.26. The van der Waals surface area contributed by atoms with Gasteiger partial charge in [0.2, 0.25) is 0 Å². The van der Waals surface area contributed by atoms with Crippen LogP contribution in [0.4, 0.5) is 11.5 Å². The van der Waals surface area contributed by atoms with E-state index in [1.165, 1.54) is 17.5 Å². The Bertz CT molecular complexity index is 1420. The van der Waals surface area contributed by atoms with E-state index in [0.717, 1.165) is 51.1 Å². The molecule has 8 nitrogen and oxygen atoms in total. The number of rotatable bonds is 11. The smallest absolute Gasteiger partial charge is 0.144 e. The van der Waals surface area contributed by atoms with Crippen molar-refractivity contribution in [1.82, 2.24) is 14.8 Å². The van der Waals surface area contributed by atoms with Crippen LogP contribution in [0.1, 0.15) is 42.9 Å². The third-order valence-corrected chi connectivity index (χ3v) is 9.22. The number of aliphatic imine (C=N–C) groups is 1. The molecule has 1 saturated heterocycles. The standard InChI is InChI=1S/C35H43N7O/c1-4-28-21-33(32(28)23-43)41-19-17-40(18-20-41)22-27-12-14-30(15-13-27)42(24-36)35(31-11-8-16-38-34(31)37)39-26(3)25(2)29-9-6-5-7-10-29/h4-16,23-26,28,32-33,36H,1,17-22H2,2-3H3,(H2,37,38)/b36-24?,39-35-/t25?,26?,28?,32-,33?/m0/s1. The average Bonchev–Trinajstić information content (AvgIpc) is 3.03. The van der Waals surface area contributed by atoms with Gasteiger partial charge in [-0.15, -0.1) is 6.58 Å². The zero-order valence-corrected chi connectivity index (χ0v) is 25.2. The maximum absolute atomic E-state index is 11.6. The van der Waals surface area contributed by atoms with Gasteiger partial charge < -0.3 is 10.5 Å². The molecule has 5 rings (SSSR count). The van der Waals surface area contributed by atoms with Crippen LogP contribution in [0.25, 0.3) is 0 Å². The number of allylic oxidation sites excluding steroid dienone is 1. The van der Waals surface area contributed by atoms with E-state index in [4.69, 9.17) is 16.1 Å². The van der Waals surface area contributed by atoms with E-state index < -0.39 is 0 Å². The van der Waals surface area contributed by atoms with E-state index in [-0.39, 0.29) is 17.9 Å². The highest BCUT2D eigenvalue weighted by atomic mass is 16.1. The van der Waals surface area contributed by atoms with Crippen LogP contribution in [0.2, 0.25) is 0 Å². The van der Waals surface area contributed by atoms with E-state index in [1.54, 1.807) is 11.1 Å². The number of aldehydes is 1. The third kappa shape index (κ3) is 6.76. The first kappa shape index (κ1) is 30.3. The van der Waals surface area contributed by atoms with Crippen LogP contribution in [-0.2, 0) is 11.3 Å². The summed E-state index contributed by atoms with van der Waals surface area (Å²) in [4.78, 5) is 27.7. The Hall–Kier alpha value is -4.14. The lowest BCUT2D eigenvalue weighted by Crippen LogP contribution is -2.58. The summed E-state index contributed by atoms with van der Waals surface area (Å²) in [5.74, 6) is 1.57. The predicted molar refractivity (Wildman–Crippen MR) is 176 cm³/mol. The quantitative estimate of drug-likeness (QED) is 0.140. The average molecular weight is 578 g/mol. The second kappa shape index (κ2) is 13.9. The van der Waals surface area contributed by atoms with Crippen molar-refractivity contribution in [3.63, 3.8) is 0 Å². The molecule has 1 aliphatic heterocycles. The first-order valence-corrected chi connectivity index (χ1v) is 15.2. The number of benzene rings is 2. The molecule has 2 heterocycles. The second-order valence-electron chi connectivity index (χ2n) is 11.7. The van der Waals surface area contributed by atoms with Gasteiger partial charge in [0.15, 0.2) is 0 Å². The fourth-order valence-electron chi connectivity index (χ4n) is 6.26. The van der Waals surface area contributed by atoms with Crippen molar-refractivity contribution < 1.29 is 4.79 Å². The highest BCUT2D eigenvalue weighted by Gasteiger charge is 2.43. The minimum absolute atomic E-state index is 0.0678. The molecular formula is C35H43N7O. The Balaban J connectivity index is 1.29. The van der Waals surface area contributed by atoms with Crippen LogP contribution in [0.5, 0.6) is 0 Å². The van der Waals surface area contributed by atoms with Crippen molar-refractivity contribution in [1.29, 1.82) is 5.41 Å². The molecule has 0 bridgehead atoms. The first-order chi connectivity index (χ1) is 20.9. The van der Waals surface area contributed by atoms with Crippen molar-refractivity contribution in [3.05, 3.63) is 102 Å². The Labute approximate surface area is 255 Å². The lowest BCUT2D eigenvalue weighted by molar-refractivity contribution is -0.120. The van der Waals surface area contributed by atoms with Crippen molar-refractivity contribution in [2.45, 2.75) is 44.8 Å². The number of amidine groups is 1. The molecule has 2 fully saturated rings. The van der Waals surface area contributed by atoms with Crippen LogP contribution in [0.3, 0.4) is 0 Å². The summed E-state index contributed by atoms with van der Waals surface area (Å²) < 4.78 is 0. The summed E-state index contributed by atoms with van der Waals surface area (Å²) in [6.07, 6.45) is 7.05. The number of hydrogen-bond acceptors (Lipinski definition) is 7. The minimum atomic E-state index is -0.0678. The lowest BCUT2D eigenvalue weighted by Gasteiger charge is -2.49. The summed E-state index contributed by atoms with van der Waals surface area (Å²) in [6.45, 7) is 12.9. The maximum Gasteiger partial charge on any atom is 0.144 e. The lowest BCUT2D eigenvalue weighted by atomic mass is 9.69. The van der Waals surface area contributed by atoms with Crippen LogP contribution in [-0.4, -0.2) is 71.5 Å². The fraction of sp³-hybridized carbons (Fsp3) is 0.371. The van der Waals surface area contributed by atoms with Crippen molar-refractivity contribution >= 4 is 30.0 Å². The zero-order chi connectivity index (χ0) is 30.3. The van der Waals surface area contributed by atoms with Crippen LogP contribution >= 0.6 is 0 Å². The molecule has 224 valence electrons. The predicted octanol–water partition coefficient (Wildman–Crippen LogP) is 5.22. The number of nitrogens with one attached hydrogen (secondary N) is 1. The highest BCUT2D eigenvalue weighted by molar-refractivity contribution is 6.20. The number of nitrogens with zero attached hydrogens (tertiary/aromatic N) is 5. The largest absolute Gasteiger partial charge is 0.383 e. The van der Waals surface area contributed by atoms with E-state index in [0.29, 0.717) is 29.2 Å². The Morgan fingerprint density at radius 2 is 1.81 bits per heavy atom. The number of nitrogen functional groups attached to an aromatic ring is 1. The maximum atomic E-state index is 11.6. The van der Waals surface area contributed by atoms with Gasteiger partial charge in [-0.05, 0) is 54.7 Å². The van der Waals surface area contributed by atoms with Gasteiger partial charge in [0.1, 0.15) is 17.9 Å². The van der Waals surface area contributed by atoms with Gasteiger partial charge in [-0.2, -0.15) is 0 Å². The van der Waals surface area contributed by atoms with E-state index >= 15 is 0 Å². The summed E-state index contributed by atoms with van der Waals surface area (Å²) in [5.41, 5.74) is 10.3. The van der Waals surface area contributed by atoms with E-state index in [2.05, 4.69) is 59.5 Å². The molecule has 3 aromatic rings. The van der Waals surface area contributed by atoms with E-state index in [1.807, 2.05) is 48.5 Å². The number of carbonyl (C=O) groups excluding carboxylic acids is 1. The zero-order valence-electron chi connectivity index (χ0n) is 25.2. The van der Waals surface area contributed by atoms with Crippen molar-refractivity contribution in [2.75, 3.05) is 36.8 Å². The van der Waals surface area contributed by atoms with Crippen molar-refractivity contribution in [3.8, 4) is 0 Å². The molecule has 0 radical (unpaired) electrons. The molecule has 4 unspecified atom stereocenters. The number of pyridine rings is 1. The van der Waals surface area contributed by atoms with Gasteiger partial charge >= 0.3 is 0 Å². The highest BCUT2D eigenvalue weighted by Crippen LogP contribution is 2.38. The molecule has 43 heavy (non-hydrogen) atoms. The molecule has 8 heteroatoms. The number of hydrogen-bond donors (Lipinski definition) is 2. The van der Waals surface area contributed by atoms with E-state index in [9.17, 15) is 4.79 Å². The summed E-state index contributed by atoms with van der Waals surface area (Å²) >= 11 is 0. The molecule has 2 aliphatic rings. The molecule has 0 spiro atoms. The first-order valence-electron chi connectivity index (χ1n) is 15.2. The summed E-state index contributed by atoms with van der Waals surface area (Å²) in [7, 11) is 0. The third-order valence-electron chi connectivity index (χ3n) is 9.22. The number of aromatic nitrogens is 1. The summed E-state index contributed by atoms with van der Waals surface area (Å²) in [6, 6.07) is 22.7. The topological polar surface area (TPSA) is 102 Å². The van der Waals surface area contributed by atoms with Crippen LogP contribution in [0, 0.1) is 17.2 Å². The number of nitrogens with two attached hydrogens (primary N) is 1. The minimum Gasteiger partial charge on any atom is -0.383 e. The van der Waals surface area contributed by atoms with Crippen molar-refractivity contribution in [2.24, 2.45) is 16.8 Å². The molecule has 5 atom stereocenters. The second-order valence-corrected chi connectivity index (χ2v) is 11.7. The molecular weight excluding hydrogens is 534 g/mol. The molecule has 2 aromatic carbocycles. The number of anilines is 2. The molecule has 1 aliphatic carbocycles. The molecule has 3 N–H and O–H groups in total. The molecule has 1 aromatic heterocycles. The van der Waals surface area contributed by atoms with Gasteiger partial charge in [0.05, 0.1) is 17.9 Å². The number of piperazine rings is 1.